The summed E-state index contributed by atoms with van der Waals surface area (Å²) in [6, 6.07) is 11.8. The van der Waals surface area contributed by atoms with E-state index in [9.17, 15) is 4.79 Å². The maximum Gasteiger partial charge on any atom is 0.255 e. The maximum atomic E-state index is 12.3. The first kappa shape index (κ1) is 14.9. The van der Waals surface area contributed by atoms with E-state index in [0.29, 0.717) is 21.8 Å². The van der Waals surface area contributed by atoms with E-state index in [1.807, 2.05) is 0 Å². The molecule has 2 aromatic carbocycles. The van der Waals surface area contributed by atoms with Crippen LogP contribution in [0.2, 0.25) is 5.02 Å². The standard InChI is InChI=1S/C15H14ClN3O2/c1-9-8-10(16)6-7-11(9)15(20)18-13-5-3-2-4-12(13)14(17)19-21/h2-8,21H,1H3,(H2,17,19)(H,18,20). The predicted octanol–water partition coefficient (Wildman–Crippen LogP) is 3.00. The van der Waals surface area contributed by atoms with Crippen LogP contribution in [-0.4, -0.2) is 17.0 Å². The van der Waals surface area contributed by atoms with Gasteiger partial charge in [-0.05, 0) is 42.8 Å². The first-order valence-electron chi connectivity index (χ1n) is 6.17. The van der Waals surface area contributed by atoms with E-state index in [4.69, 9.17) is 22.5 Å². The molecule has 0 heterocycles. The molecular formula is C15H14ClN3O2. The molecule has 0 unspecified atom stereocenters. The highest BCUT2D eigenvalue weighted by Gasteiger charge is 2.13. The number of carbonyl (C=O) groups excluding carboxylic acids is 1. The normalized spacial score (nSPS) is 11.2. The highest BCUT2D eigenvalue weighted by Crippen LogP contribution is 2.19. The summed E-state index contributed by atoms with van der Waals surface area (Å²) in [6.07, 6.45) is 0. The highest BCUT2D eigenvalue weighted by molar-refractivity contribution is 6.30. The van der Waals surface area contributed by atoms with Gasteiger partial charge in [0.05, 0.1) is 5.69 Å². The van der Waals surface area contributed by atoms with Gasteiger partial charge >= 0.3 is 0 Å². The Hall–Kier alpha value is -2.53. The number of oxime groups is 1. The second-order valence-electron chi connectivity index (χ2n) is 4.44. The van der Waals surface area contributed by atoms with E-state index in [2.05, 4.69) is 10.5 Å². The van der Waals surface area contributed by atoms with Crippen molar-refractivity contribution in [3.63, 3.8) is 0 Å². The summed E-state index contributed by atoms with van der Waals surface area (Å²) in [4.78, 5) is 12.3. The molecule has 2 rings (SSSR count). The molecule has 5 nitrogen and oxygen atoms in total. The number of rotatable bonds is 3. The smallest absolute Gasteiger partial charge is 0.255 e. The number of hydrogen-bond donors (Lipinski definition) is 3. The van der Waals surface area contributed by atoms with Crippen LogP contribution in [0.4, 0.5) is 5.69 Å². The molecule has 0 aromatic heterocycles. The molecule has 0 aliphatic carbocycles. The summed E-state index contributed by atoms with van der Waals surface area (Å²) in [5, 5.41) is 15.0. The van der Waals surface area contributed by atoms with Gasteiger partial charge in [0.25, 0.3) is 5.91 Å². The molecule has 21 heavy (non-hydrogen) atoms. The fraction of sp³-hybridized carbons (Fsp3) is 0.0667. The van der Waals surface area contributed by atoms with Crippen molar-refractivity contribution < 1.29 is 10.0 Å². The van der Waals surface area contributed by atoms with Gasteiger partial charge in [0.2, 0.25) is 0 Å². The van der Waals surface area contributed by atoms with E-state index in [-0.39, 0.29) is 11.7 Å². The largest absolute Gasteiger partial charge is 0.409 e. The van der Waals surface area contributed by atoms with Crippen molar-refractivity contribution in [2.45, 2.75) is 6.92 Å². The molecule has 2 aromatic rings. The van der Waals surface area contributed by atoms with Gasteiger partial charge in [-0.15, -0.1) is 0 Å². The minimum absolute atomic E-state index is 0.0706. The monoisotopic (exact) mass is 303 g/mol. The number of nitrogens with one attached hydrogen (secondary N) is 1. The van der Waals surface area contributed by atoms with E-state index < -0.39 is 0 Å². The fourth-order valence-electron chi connectivity index (χ4n) is 1.94. The lowest BCUT2D eigenvalue weighted by Gasteiger charge is -2.11. The Balaban J connectivity index is 2.32. The third kappa shape index (κ3) is 3.32. The summed E-state index contributed by atoms with van der Waals surface area (Å²) in [6.45, 7) is 1.80. The number of halogens is 1. The van der Waals surface area contributed by atoms with Crippen molar-refractivity contribution in [2.24, 2.45) is 10.9 Å². The van der Waals surface area contributed by atoms with Crippen LogP contribution in [0.15, 0.2) is 47.6 Å². The van der Waals surface area contributed by atoms with Crippen molar-refractivity contribution in [3.05, 3.63) is 64.2 Å². The Morgan fingerprint density at radius 3 is 2.62 bits per heavy atom. The van der Waals surface area contributed by atoms with Crippen molar-refractivity contribution in [1.82, 2.24) is 0 Å². The molecule has 0 saturated heterocycles. The van der Waals surface area contributed by atoms with Gasteiger partial charge in [0, 0.05) is 16.1 Å². The minimum Gasteiger partial charge on any atom is -0.409 e. The molecule has 0 radical (unpaired) electrons. The molecule has 6 heteroatoms. The Bertz CT molecular complexity index is 714. The Kier molecular flexibility index (Phi) is 4.45. The molecular weight excluding hydrogens is 290 g/mol. The quantitative estimate of drug-likeness (QED) is 0.352. The van der Waals surface area contributed by atoms with Gasteiger partial charge in [-0.25, -0.2) is 0 Å². The molecule has 4 N–H and O–H groups in total. The van der Waals surface area contributed by atoms with Gasteiger partial charge in [0.1, 0.15) is 0 Å². The Morgan fingerprint density at radius 1 is 1.24 bits per heavy atom. The lowest BCUT2D eigenvalue weighted by molar-refractivity contribution is 0.102. The molecule has 0 spiro atoms. The predicted molar refractivity (Wildman–Crippen MR) is 83.1 cm³/mol. The SMILES string of the molecule is Cc1cc(Cl)ccc1C(=O)Nc1ccccc1/C(N)=N/O. The van der Waals surface area contributed by atoms with E-state index in [1.165, 1.54) is 0 Å². The van der Waals surface area contributed by atoms with Crippen LogP contribution in [0, 0.1) is 6.92 Å². The van der Waals surface area contributed by atoms with Crippen LogP contribution >= 0.6 is 11.6 Å². The number of amides is 1. The average Bonchev–Trinajstić information content (AvgIpc) is 2.46. The van der Waals surface area contributed by atoms with Gasteiger partial charge in [-0.1, -0.05) is 28.9 Å². The molecule has 1 amide bonds. The molecule has 0 aliphatic heterocycles. The van der Waals surface area contributed by atoms with Crippen LogP contribution in [-0.2, 0) is 0 Å². The van der Waals surface area contributed by atoms with Crippen molar-refractivity contribution >= 4 is 29.0 Å². The number of benzene rings is 2. The van der Waals surface area contributed by atoms with Crippen molar-refractivity contribution in [1.29, 1.82) is 0 Å². The summed E-state index contributed by atoms with van der Waals surface area (Å²) >= 11 is 5.88. The summed E-state index contributed by atoms with van der Waals surface area (Å²) < 4.78 is 0. The molecule has 0 saturated carbocycles. The average molecular weight is 304 g/mol. The summed E-state index contributed by atoms with van der Waals surface area (Å²) in [5.41, 5.74) is 7.77. The van der Waals surface area contributed by atoms with E-state index in [0.717, 1.165) is 5.56 Å². The first-order chi connectivity index (χ1) is 10.0. The maximum absolute atomic E-state index is 12.3. The van der Waals surface area contributed by atoms with Crippen molar-refractivity contribution in [3.8, 4) is 0 Å². The third-order valence-corrected chi connectivity index (χ3v) is 3.23. The van der Waals surface area contributed by atoms with Gasteiger partial charge in [-0.3, -0.25) is 4.79 Å². The summed E-state index contributed by atoms with van der Waals surface area (Å²) in [7, 11) is 0. The lowest BCUT2D eigenvalue weighted by atomic mass is 10.1. The second-order valence-corrected chi connectivity index (χ2v) is 4.88. The third-order valence-electron chi connectivity index (χ3n) is 2.99. The van der Waals surface area contributed by atoms with Gasteiger partial charge in [-0.2, -0.15) is 0 Å². The summed E-state index contributed by atoms with van der Waals surface area (Å²) in [5.74, 6) is -0.360. The Labute approximate surface area is 127 Å². The van der Waals surface area contributed by atoms with E-state index in [1.54, 1.807) is 49.4 Å². The highest BCUT2D eigenvalue weighted by atomic mass is 35.5. The van der Waals surface area contributed by atoms with Gasteiger partial charge < -0.3 is 16.3 Å². The first-order valence-corrected chi connectivity index (χ1v) is 6.55. The van der Waals surface area contributed by atoms with Crippen LogP contribution in [0.1, 0.15) is 21.5 Å². The molecule has 0 fully saturated rings. The Morgan fingerprint density at radius 2 is 1.95 bits per heavy atom. The zero-order valence-electron chi connectivity index (χ0n) is 11.3. The number of aryl methyl sites for hydroxylation is 1. The fourth-order valence-corrected chi connectivity index (χ4v) is 2.17. The van der Waals surface area contributed by atoms with E-state index >= 15 is 0 Å². The van der Waals surface area contributed by atoms with Crippen molar-refractivity contribution in [2.75, 3.05) is 5.32 Å². The molecule has 108 valence electrons. The topological polar surface area (TPSA) is 87.7 Å². The number of para-hydroxylation sites is 1. The number of amidine groups is 1. The van der Waals surface area contributed by atoms with Crippen LogP contribution in [0.25, 0.3) is 0 Å². The lowest BCUT2D eigenvalue weighted by Crippen LogP contribution is -2.19. The number of nitrogens with zero attached hydrogens (tertiary/aromatic N) is 1. The van der Waals surface area contributed by atoms with Crippen LogP contribution in [0.3, 0.4) is 0 Å². The van der Waals surface area contributed by atoms with Gasteiger partial charge in [0.15, 0.2) is 5.84 Å². The molecule has 0 bridgehead atoms. The number of hydrogen-bond acceptors (Lipinski definition) is 3. The van der Waals surface area contributed by atoms with Crippen LogP contribution in [0.5, 0.6) is 0 Å². The molecule has 0 aliphatic rings. The zero-order valence-corrected chi connectivity index (χ0v) is 12.1. The zero-order chi connectivity index (χ0) is 15.4. The van der Waals surface area contributed by atoms with Crippen LogP contribution < -0.4 is 11.1 Å². The number of anilines is 1. The molecule has 0 atom stereocenters. The minimum atomic E-state index is -0.289. The number of nitrogens with two attached hydrogens (primary N) is 1. The number of carbonyl (C=O) groups is 1. The second kappa shape index (κ2) is 6.28.